The molecule has 1 aromatic rings. The smallest absolute Gasteiger partial charge is 0.401 e. The van der Waals surface area contributed by atoms with Gasteiger partial charge in [0.25, 0.3) is 0 Å². The van der Waals surface area contributed by atoms with Crippen molar-refractivity contribution >= 4 is 0 Å². The van der Waals surface area contributed by atoms with Crippen LogP contribution in [0.2, 0.25) is 0 Å². The van der Waals surface area contributed by atoms with Gasteiger partial charge in [0, 0.05) is 17.6 Å². The van der Waals surface area contributed by atoms with Gasteiger partial charge in [-0.2, -0.15) is 13.2 Å². The first-order valence-corrected chi connectivity index (χ1v) is 5.82. The van der Waals surface area contributed by atoms with Gasteiger partial charge < -0.3 is 5.11 Å². The third-order valence-electron chi connectivity index (χ3n) is 2.91. The van der Waals surface area contributed by atoms with Crippen molar-refractivity contribution in [1.82, 2.24) is 4.90 Å². The van der Waals surface area contributed by atoms with Crippen LogP contribution in [0.1, 0.15) is 32.4 Å². The lowest BCUT2D eigenvalue weighted by atomic mass is 10.0. The molecule has 0 aromatic heterocycles. The summed E-state index contributed by atoms with van der Waals surface area (Å²) in [6.07, 6.45) is -4.25. The number of alkyl halides is 3. The van der Waals surface area contributed by atoms with E-state index in [1.54, 1.807) is 39.0 Å². The topological polar surface area (TPSA) is 23.5 Å². The lowest BCUT2D eigenvalue weighted by Gasteiger charge is -2.33. The maximum Gasteiger partial charge on any atom is 0.401 e. The van der Waals surface area contributed by atoms with Gasteiger partial charge in [-0.1, -0.05) is 18.2 Å². The lowest BCUT2D eigenvalue weighted by Crippen LogP contribution is -2.40. The zero-order valence-corrected chi connectivity index (χ0v) is 10.7. The Balaban J connectivity index is 2.97. The summed E-state index contributed by atoms with van der Waals surface area (Å²) in [5, 5.41) is 9.70. The number of halogens is 3. The van der Waals surface area contributed by atoms with Crippen LogP contribution in [-0.4, -0.2) is 28.8 Å². The number of phenolic OH excluding ortho intramolecular Hbond substituents is 1. The first kappa shape index (κ1) is 14.8. The average molecular weight is 261 g/mol. The van der Waals surface area contributed by atoms with Crippen LogP contribution in [0.25, 0.3) is 0 Å². The highest BCUT2D eigenvalue weighted by Crippen LogP contribution is 2.31. The molecule has 0 aliphatic heterocycles. The van der Waals surface area contributed by atoms with Crippen molar-refractivity contribution in [2.24, 2.45) is 0 Å². The molecule has 0 heterocycles. The molecule has 1 aromatic carbocycles. The fourth-order valence-electron chi connectivity index (χ4n) is 1.99. The van der Waals surface area contributed by atoms with E-state index in [-0.39, 0.29) is 11.8 Å². The van der Waals surface area contributed by atoms with Gasteiger partial charge in [0.05, 0.1) is 6.54 Å². The molecular formula is C13H18F3NO. The fraction of sp³-hybridized carbons (Fsp3) is 0.538. The monoisotopic (exact) mass is 261 g/mol. The maximum atomic E-state index is 12.5. The van der Waals surface area contributed by atoms with Crippen LogP contribution in [-0.2, 0) is 0 Å². The number of hydrogen-bond donors (Lipinski definition) is 1. The van der Waals surface area contributed by atoms with Crippen LogP contribution in [0.15, 0.2) is 24.3 Å². The number of para-hydroxylation sites is 1. The van der Waals surface area contributed by atoms with E-state index in [1.165, 1.54) is 11.0 Å². The first-order chi connectivity index (χ1) is 8.22. The molecule has 0 bridgehead atoms. The van der Waals surface area contributed by atoms with Crippen LogP contribution in [0.5, 0.6) is 5.75 Å². The number of rotatable bonds is 4. The van der Waals surface area contributed by atoms with E-state index in [2.05, 4.69) is 0 Å². The van der Waals surface area contributed by atoms with Gasteiger partial charge in [0.2, 0.25) is 0 Å². The van der Waals surface area contributed by atoms with Crippen molar-refractivity contribution in [2.75, 3.05) is 6.54 Å². The predicted octanol–water partition coefficient (Wildman–Crippen LogP) is 3.73. The minimum absolute atomic E-state index is 0.0258. The molecule has 0 aliphatic rings. The number of nitrogens with zero attached hydrogens (tertiary/aromatic N) is 1. The van der Waals surface area contributed by atoms with Crippen molar-refractivity contribution in [2.45, 2.75) is 39.0 Å². The molecule has 1 atom stereocenters. The molecule has 18 heavy (non-hydrogen) atoms. The highest BCUT2D eigenvalue weighted by Gasteiger charge is 2.34. The highest BCUT2D eigenvalue weighted by atomic mass is 19.4. The Morgan fingerprint density at radius 3 is 2.17 bits per heavy atom. The van der Waals surface area contributed by atoms with Crippen LogP contribution >= 0.6 is 0 Å². The second-order valence-electron chi connectivity index (χ2n) is 4.62. The van der Waals surface area contributed by atoms with E-state index in [1.807, 2.05) is 0 Å². The van der Waals surface area contributed by atoms with Crippen molar-refractivity contribution in [1.29, 1.82) is 0 Å². The van der Waals surface area contributed by atoms with Crippen LogP contribution in [0, 0.1) is 0 Å². The van der Waals surface area contributed by atoms with E-state index in [0.717, 1.165) is 0 Å². The van der Waals surface area contributed by atoms with E-state index in [9.17, 15) is 18.3 Å². The Kier molecular flexibility index (Phi) is 4.62. The third-order valence-corrected chi connectivity index (χ3v) is 2.91. The molecule has 1 N–H and O–H groups in total. The molecule has 1 rings (SSSR count). The number of aromatic hydroxyl groups is 1. The number of benzene rings is 1. The van der Waals surface area contributed by atoms with Crippen molar-refractivity contribution in [3.8, 4) is 5.75 Å². The van der Waals surface area contributed by atoms with Gasteiger partial charge in [-0.05, 0) is 26.8 Å². The summed E-state index contributed by atoms with van der Waals surface area (Å²) < 4.78 is 37.6. The zero-order valence-electron chi connectivity index (χ0n) is 10.7. The summed E-state index contributed by atoms with van der Waals surface area (Å²) in [7, 11) is 0. The summed E-state index contributed by atoms with van der Waals surface area (Å²) in [5.74, 6) is 0.0258. The number of phenols is 1. The summed E-state index contributed by atoms with van der Waals surface area (Å²) in [5.41, 5.74) is 0.510. The summed E-state index contributed by atoms with van der Waals surface area (Å²) in [6.45, 7) is 4.10. The molecule has 102 valence electrons. The third kappa shape index (κ3) is 3.91. The average Bonchev–Trinajstić information content (AvgIpc) is 2.24. The van der Waals surface area contributed by atoms with Gasteiger partial charge in [-0.25, -0.2) is 0 Å². The minimum Gasteiger partial charge on any atom is -0.508 e. The van der Waals surface area contributed by atoms with Crippen molar-refractivity contribution < 1.29 is 18.3 Å². The zero-order chi connectivity index (χ0) is 13.9. The predicted molar refractivity (Wildman–Crippen MR) is 64.4 cm³/mol. The van der Waals surface area contributed by atoms with E-state index < -0.39 is 18.8 Å². The van der Waals surface area contributed by atoms with Gasteiger partial charge in [-0.3, -0.25) is 4.90 Å². The Morgan fingerprint density at radius 1 is 1.17 bits per heavy atom. The molecule has 0 spiro atoms. The molecule has 0 aliphatic carbocycles. The van der Waals surface area contributed by atoms with Gasteiger partial charge >= 0.3 is 6.18 Å². The largest absolute Gasteiger partial charge is 0.508 e. The fourth-order valence-corrected chi connectivity index (χ4v) is 1.99. The van der Waals surface area contributed by atoms with Gasteiger partial charge in [0.15, 0.2) is 0 Å². The quantitative estimate of drug-likeness (QED) is 0.892. The molecule has 0 saturated heterocycles. The molecule has 2 nitrogen and oxygen atoms in total. The molecule has 0 amide bonds. The maximum absolute atomic E-state index is 12.5. The highest BCUT2D eigenvalue weighted by molar-refractivity contribution is 5.34. The minimum atomic E-state index is -4.25. The summed E-state index contributed by atoms with van der Waals surface area (Å²) in [6, 6.07) is 5.73. The van der Waals surface area contributed by atoms with E-state index >= 15 is 0 Å². The second kappa shape index (κ2) is 5.61. The molecule has 0 radical (unpaired) electrons. The van der Waals surface area contributed by atoms with Crippen LogP contribution in [0.4, 0.5) is 13.2 Å². The van der Waals surface area contributed by atoms with Crippen molar-refractivity contribution in [3.05, 3.63) is 29.8 Å². The van der Waals surface area contributed by atoms with Crippen LogP contribution in [0.3, 0.4) is 0 Å². The normalized spacial score (nSPS) is 14.2. The Labute approximate surface area is 105 Å². The number of hydrogen-bond acceptors (Lipinski definition) is 2. The van der Waals surface area contributed by atoms with E-state index in [0.29, 0.717) is 5.56 Å². The Bertz CT molecular complexity index is 390. The molecule has 0 saturated carbocycles. The molecule has 1 unspecified atom stereocenters. The standard InChI is InChI=1S/C13H18F3NO/c1-9(2)17(8-13(14,15)16)10(3)11-6-4-5-7-12(11)18/h4-7,9-10,18H,8H2,1-3H3. The van der Waals surface area contributed by atoms with Crippen molar-refractivity contribution in [3.63, 3.8) is 0 Å². The Hall–Kier alpha value is -1.23. The molecule has 0 fully saturated rings. The second-order valence-corrected chi connectivity index (χ2v) is 4.62. The molecule has 5 heteroatoms. The van der Waals surface area contributed by atoms with E-state index in [4.69, 9.17) is 0 Å². The van der Waals surface area contributed by atoms with Gasteiger partial charge in [-0.15, -0.1) is 0 Å². The first-order valence-electron chi connectivity index (χ1n) is 5.82. The van der Waals surface area contributed by atoms with Gasteiger partial charge in [0.1, 0.15) is 5.75 Å². The Morgan fingerprint density at radius 2 is 1.72 bits per heavy atom. The summed E-state index contributed by atoms with van der Waals surface area (Å²) in [4.78, 5) is 1.31. The van der Waals surface area contributed by atoms with Crippen LogP contribution < -0.4 is 0 Å². The molecular weight excluding hydrogens is 243 g/mol. The SMILES string of the molecule is CC(C)N(CC(F)(F)F)C(C)c1ccccc1O. The summed E-state index contributed by atoms with van der Waals surface area (Å²) >= 11 is 0. The lowest BCUT2D eigenvalue weighted by molar-refractivity contribution is -0.154.